The van der Waals surface area contributed by atoms with E-state index in [0.717, 1.165) is 23.8 Å². The number of fused-ring (bicyclic) bond motifs is 1. The number of carbonyl (C=O) groups excluding carboxylic acids is 1. The molecule has 0 radical (unpaired) electrons. The van der Waals surface area contributed by atoms with Crippen molar-refractivity contribution in [2.75, 3.05) is 6.61 Å². The van der Waals surface area contributed by atoms with Crippen LogP contribution in [0.3, 0.4) is 0 Å². The van der Waals surface area contributed by atoms with Crippen LogP contribution in [-0.4, -0.2) is 12.4 Å². The molecule has 0 aromatic heterocycles. The van der Waals surface area contributed by atoms with Crippen molar-refractivity contribution >= 4 is 21.7 Å². The Morgan fingerprint density at radius 2 is 2.00 bits per heavy atom. The summed E-state index contributed by atoms with van der Waals surface area (Å²) in [5.41, 5.74) is 1.48. The van der Waals surface area contributed by atoms with Crippen LogP contribution in [0.2, 0.25) is 0 Å². The zero-order valence-corrected chi connectivity index (χ0v) is 11.8. The molecule has 5 heteroatoms. The number of hydrogen-bond acceptors (Lipinski definition) is 2. The Morgan fingerprint density at radius 3 is 2.80 bits per heavy atom. The maximum Gasteiger partial charge on any atom is 0.194 e. The van der Waals surface area contributed by atoms with Crippen LogP contribution in [0.5, 0.6) is 5.75 Å². The minimum Gasteiger partial charge on any atom is -0.493 e. The van der Waals surface area contributed by atoms with E-state index in [2.05, 4.69) is 15.9 Å². The monoisotopic (exact) mass is 338 g/mol. The van der Waals surface area contributed by atoms with Gasteiger partial charge in [0.15, 0.2) is 17.4 Å². The lowest BCUT2D eigenvalue weighted by molar-refractivity contribution is 0.103. The molecular weight excluding hydrogens is 330 g/mol. The molecule has 2 aromatic carbocycles. The van der Waals surface area contributed by atoms with Crippen LogP contribution < -0.4 is 4.74 Å². The molecule has 0 saturated heterocycles. The van der Waals surface area contributed by atoms with Gasteiger partial charge < -0.3 is 4.74 Å². The van der Waals surface area contributed by atoms with Crippen molar-refractivity contribution in [3.63, 3.8) is 0 Å². The SMILES string of the molecule is O=C(c1ccc2c(c1)CCO2)c1ccc(F)c(F)c1Br. The summed E-state index contributed by atoms with van der Waals surface area (Å²) in [5.74, 6) is -1.63. The molecule has 1 heterocycles. The van der Waals surface area contributed by atoms with Crippen LogP contribution >= 0.6 is 15.9 Å². The van der Waals surface area contributed by atoms with E-state index < -0.39 is 11.6 Å². The predicted octanol–water partition coefficient (Wildman–Crippen LogP) is 3.89. The molecule has 2 aromatic rings. The van der Waals surface area contributed by atoms with Gasteiger partial charge in [-0.2, -0.15) is 0 Å². The first-order chi connectivity index (χ1) is 9.58. The molecule has 2 nitrogen and oxygen atoms in total. The van der Waals surface area contributed by atoms with E-state index in [1.54, 1.807) is 18.2 Å². The van der Waals surface area contributed by atoms with Gasteiger partial charge in [-0.1, -0.05) is 0 Å². The fraction of sp³-hybridized carbons (Fsp3) is 0.133. The molecule has 0 amide bonds. The van der Waals surface area contributed by atoms with Gasteiger partial charge in [0.2, 0.25) is 0 Å². The van der Waals surface area contributed by atoms with E-state index in [1.165, 1.54) is 6.07 Å². The zero-order valence-electron chi connectivity index (χ0n) is 10.3. The predicted molar refractivity (Wildman–Crippen MR) is 73.1 cm³/mol. The minimum atomic E-state index is -1.06. The molecule has 0 spiro atoms. The number of hydrogen-bond donors (Lipinski definition) is 0. The third kappa shape index (κ3) is 2.12. The lowest BCUT2D eigenvalue weighted by Crippen LogP contribution is -2.05. The van der Waals surface area contributed by atoms with Gasteiger partial charge in [-0.25, -0.2) is 8.78 Å². The van der Waals surface area contributed by atoms with Crippen molar-refractivity contribution in [3.8, 4) is 5.75 Å². The molecule has 1 aliphatic rings. The van der Waals surface area contributed by atoms with Crippen molar-refractivity contribution < 1.29 is 18.3 Å². The highest BCUT2D eigenvalue weighted by molar-refractivity contribution is 9.10. The van der Waals surface area contributed by atoms with Gasteiger partial charge in [-0.3, -0.25) is 4.79 Å². The molecule has 0 atom stereocenters. The Morgan fingerprint density at radius 1 is 1.20 bits per heavy atom. The second-order valence-electron chi connectivity index (χ2n) is 4.47. The Kier molecular flexibility index (Phi) is 3.30. The maximum absolute atomic E-state index is 13.5. The van der Waals surface area contributed by atoms with E-state index in [1.807, 2.05) is 0 Å². The quantitative estimate of drug-likeness (QED) is 0.613. The van der Waals surface area contributed by atoms with Gasteiger partial charge >= 0.3 is 0 Å². The standard InChI is InChI=1S/C15H9BrF2O2/c16-13-10(2-3-11(17)14(13)18)15(19)9-1-4-12-8(7-9)5-6-20-12/h1-4,7H,5-6H2. The fourth-order valence-corrected chi connectivity index (χ4v) is 2.69. The summed E-state index contributed by atoms with van der Waals surface area (Å²) in [4.78, 5) is 12.4. The van der Waals surface area contributed by atoms with E-state index >= 15 is 0 Å². The Balaban J connectivity index is 2.03. The third-order valence-corrected chi connectivity index (χ3v) is 4.01. The van der Waals surface area contributed by atoms with Crippen LogP contribution in [0.15, 0.2) is 34.8 Å². The van der Waals surface area contributed by atoms with Crippen LogP contribution in [0.4, 0.5) is 8.78 Å². The maximum atomic E-state index is 13.5. The highest BCUT2D eigenvalue weighted by atomic mass is 79.9. The minimum absolute atomic E-state index is 0.0998. The molecule has 0 fully saturated rings. The molecule has 0 aliphatic carbocycles. The van der Waals surface area contributed by atoms with Crippen molar-refractivity contribution in [3.05, 3.63) is 63.1 Å². The number of halogens is 3. The van der Waals surface area contributed by atoms with Crippen molar-refractivity contribution in [1.29, 1.82) is 0 Å². The van der Waals surface area contributed by atoms with E-state index in [-0.39, 0.29) is 15.8 Å². The van der Waals surface area contributed by atoms with Gasteiger partial charge in [-0.05, 0) is 51.8 Å². The average Bonchev–Trinajstić information content (AvgIpc) is 2.91. The fourth-order valence-electron chi connectivity index (χ4n) is 2.18. The summed E-state index contributed by atoms with van der Waals surface area (Å²) in [6.45, 7) is 0.599. The third-order valence-electron chi connectivity index (χ3n) is 3.23. The van der Waals surface area contributed by atoms with Crippen LogP contribution in [0.1, 0.15) is 21.5 Å². The largest absolute Gasteiger partial charge is 0.493 e. The van der Waals surface area contributed by atoms with Crippen LogP contribution in [0.25, 0.3) is 0 Å². The molecular formula is C15H9BrF2O2. The smallest absolute Gasteiger partial charge is 0.194 e. The molecule has 3 rings (SSSR count). The van der Waals surface area contributed by atoms with Gasteiger partial charge in [-0.15, -0.1) is 0 Å². The Labute approximate surface area is 122 Å². The summed E-state index contributed by atoms with van der Waals surface area (Å²) in [6.07, 6.45) is 0.745. The van der Waals surface area contributed by atoms with Gasteiger partial charge in [0.25, 0.3) is 0 Å². The van der Waals surface area contributed by atoms with E-state index in [4.69, 9.17) is 4.74 Å². The molecule has 0 saturated carbocycles. The molecule has 0 bridgehead atoms. The molecule has 102 valence electrons. The number of ketones is 1. The van der Waals surface area contributed by atoms with E-state index in [0.29, 0.717) is 12.2 Å². The highest BCUT2D eigenvalue weighted by Gasteiger charge is 2.20. The molecule has 1 aliphatic heterocycles. The summed E-state index contributed by atoms with van der Waals surface area (Å²) >= 11 is 2.93. The molecule has 20 heavy (non-hydrogen) atoms. The highest BCUT2D eigenvalue weighted by Crippen LogP contribution is 2.29. The average molecular weight is 339 g/mol. The second kappa shape index (κ2) is 4.98. The van der Waals surface area contributed by atoms with Gasteiger partial charge in [0.05, 0.1) is 11.1 Å². The van der Waals surface area contributed by atoms with Crippen LogP contribution in [-0.2, 0) is 6.42 Å². The lowest BCUT2D eigenvalue weighted by Gasteiger charge is -2.07. The molecule has 0 N–H and O–H groups in total. The van der Waals surface area contributed by atoms with E-state index in [9.17, 15) is 13.6 Å². The first-order valence-electron chi connectivity index (χ1n) is 6.02. The first-order valence-corrected chi connectivity index (χ1v) is 6.81. The number of rotatable bonds is 2. The second-order valence-corrected chi connectivity index (χ2v) is 5.27. The number of ether oxygens (including phenoxy) is 1. The number of carbonyl (C=O) groups is 1. The number of benzene rings is 2. The molecule has 0 unspecified atom stereocenters. The van der Waals surface area contributed by atoms with Crippen molar-refractivity contribution in [1.82, 2.24) is 0 Å². The summed E-state index contributed by atoms with van der Waals surface area (Å²) in [5, 5.41) is 0. The van der Waals surface area contributed by atoms with Crippen molar-refractivity contribution in [2.45, 2.75) is 6.42 Å². The summed E-state index contributed by atoms with van der Waals surface area (Å²) < 4.78 is 31.8. The normalized spacial score (nSPS) is 12.9. The summed E-state index contributed by atoms with van der Waals surface area (Å²) in [7, 11) is 0. The Bertz CT molecular complexity index is 713. The van der Waals surface area contributed by atoms with Gasteiger partial charge in [0.1, 0.15) is 5.75 Å². The van der Waals surface area contributed by atoms with Crippen molar-refractivity contribution in [2.24, 2.45) is 0 Å². The Hall–Kier alpha value is -1.75. The van der Waals surface area contributed by atoms with Gasteiger partial charge in [0, 0.05) is 17.5 Å². The topological polar surface area (TPSA) is 26.3 Å². The van der Waals surface area contributed by atoms with Crippen LogP contribution in [0, 0.1) is 11.6 Å². The first kappa shape index (κ1) is 13.2. The zero-order chi connectivity index (χ0) is 14.3. The summed E-state index contributed by atoms with van der Waals surface area (Å²) in [6, 6.07) is 7.31. The lowest BCUT2D eigenvalue weighted by atomic mass is 10.0.